The van der Waals surface area contributed by atoms with Gasteiger partial charge in [-0.3, -0.25) is 0 Å². The first kappa shape index (κ1) is 12.5. The average Bonchev–Trinajstić information content (AvgIpc) is 2.83. The number of ether oxygens (including phenoxy) is 2. The molecule has 2 heterocycles. The van der Waals surface area contributed by atoms with Crippen molar-refractivity contribution < 1.29 is 9.47 Å². The molecule has 0 aliphatic carbocycles. The molecule has 0 bridgehead atoms. The van der Waals surface area contributed by atoms with E-state index in [1.807, 2.05) is 0 Å². The van der Waals surface area contributed by atoms with Gasteiger partial charge in [0.05, 0.1) is 12.7 Å². The average molecular weight is 311 g/mol. The van der Waals surface area contributed by atoms with Crippen molar-refractivity contribution in [2.75, 3.05) is 13.2 Å². The first-order valence-corrected chi connectivity index (χ1v) is 7.68. The zero-order valence-electron chi connectivity index (χ0n) is 10.7. The van der Waals surface area contributed by atoms with Crippen LogP contribution in [0.2, 0.25) is 0 Å². The summed E-state index contributed by atoms with van der Waals surface area (Å²) in [5, 5.41) is 0. The minimum absolute atomic E-state index is 0.349. The summed E-state index contributed by atoms with van der Waals surface area (Å²) in [6, 6.07) is 6.62. The van der Waals surface area contributed by atoms with Crippen LogP contribution in [0.25, 0.3) is 0 Å². The molecular weight excluding hydrogens is 292 g/mol. The lowest BCUT2D eigenvalue weighted by Crippen LogP contribution is -2.17. The SMILES string of the molecule is CC1OCCC1C(Br)c1ccc2c(c1)CCCO2. The monoisotopic (exact) mass is 310 g/mol. The Morgan fingerprint density at radius 2 is 2.22 bits per heavy atom. The van der Waals surface area contributed by atoms with Gasteiger partial charge >= 0.3 is 0 Å². The molecule has 1 aromatic rings. The molecule has 0 N–H and O–H groups in total. The Labute approximate surface area is 117 Å². The molecule has 0 spiro atoms. The number of halogens is 1. The Morgan fingerprint density at radius 3 is 3.00 bits per heavy atom. The van der Waals surface area contributed by atoms with Crippen molar-refractivity contribution in [2.24, 2.45) is 5.92 Å². The third-order valence-electron chi connectivity index (χ3n) is 4.06. The first-order valence-electron chi connectivity index (χ1n) is 6.77. The van der Waals surface area contributed by atoms with Gasteiger partial charge in [0.2, 0.25) is 0 Å². The van der Waals surface area contributed by atoms with Crippen LogP contribution in [-0.2, 0) is 11.2 Å². The molecule has 2 nitrogen and oxygen atoms in total. The predicted octanol–water partition coefficient (Wildman–Crippen LogP) is 3.87. The Morgan fingerprint density at radius 1 is 1.33 bits per heavy atom. The number of rotatable bonds is 2. The van der Waals surface area contributed by atoms with E-state index in [9.17, 15) is 0 Å². The summed E-state index contributed by atoms with van der Waals surface area (Å²) in [5.74, 6) is 1.65. The van der Waals surface area contributed by atoms with Gasteiger partial charge in [-0.25, -0.2) is 0 Å². The highest BCUT2D eigenvalue weighted by atomic mass is 79.9. The highest BCUT2D eigenvalue weighted by molar-refractivity contribution is 9.09. The Balaban J connectivity index is 1.83. The van der Waals surface area contributed by atoms with Crippen molar-refractivity contribution in [3.8, 4) is 5.75 Å². The molecule has 0 saturated carbocycles. The van der Waals surface area contributed by atoms with Gasteiger partial charge in [-0.2, -0.15) is 0 Å². The molecule has 3 unspecified atom stereocenters. The van der Waals surface area contributed by atoms with E-state index in [0.717, 1.165) is 38.2 Å². The van der Waals surface area contributed by atoms with E-state index in [1.54, 1.807) is 0 Å². The number of benzene rings is 1. The fourth-order valence-corrected chi connectivity index (χ4v) is 3.91. The smallest absolute Gasteiger partial charge is 0.122 e. The van der Waals surface area contributed by atoms with Gasteiger partial charge in [0.25, 0.3) is 0 Å². The van der Waals surface area contributed by atoms with E-state index in [4.69, 9.17) is 9.47 Å². The summed E-state index contributed by atoms with van der Waals surface area (Å²) in [6.07, 6.45) is 3.76. The maximum Gasteiger partial charge on any atom is 0.122 e. The summed E-state index contributed by atoms with van der Waals surface area (Å²) in [6.45, 7) is 3.92. The lowest BCUT2D eigenvalue weighted by Gasteiger charge is -2.23. The van der Waals surface area contributed by atoms with Crippen molar-refractivity contribution in [2.45, 2.75) is 37.1 Å². The first-order chi connectivity index (χ1) is 8.75. The van der Waals surface area contributed by atoms with E-state index in [0.29, 0.717) is 16.8 Å². The van der Waals surface area contributed by atoms with Crippen LogP contribution < -0.4 is 4.74 Å². The second-order valence-corrected chi connectivity index (χ2v) is 6.24. The van der Waals surface area contributed by atoms with Crippen LogP contribution in [-0.4, -0.2) is 19.3 Å². The number of aryl methyl sites for hydroxylation is 1. The molecule has 0 aromatic heterocycles. The van der Waals surface area contributed by atoms with Crippen molar-refractivity contribution >= 4 is 15.9 Å². The van der Waals surface area contributed by atoms with Gasteiger partial charge in [0.1, 0.15) is 5.75 Å². The van der Waals surface area contributed by atoms with Gasteiger partial charge < -0.3 is 9.47 Å². The molecule has 2 aliphatic rings. The van der Waals surface area contributed by atoms with Gasteiger partial charge in [0, 0.05) is 17.4 Å². The molecule has 2 aliphatic heterocycles. The van der Waals surface area contributed by atoms with Gasteiger partial charge in [-0.15, -0.1) is 0 Å². The van der Waals surface area contributed by atoms with Crippen LogP contribution in [0.15, 0.2) is 18.2 Å². The lowest BCUT2D eigenvalue weighted by molar-refractivity contribution is 0.105. The van der Waals surface area contributed by atoms with E-state index >= 15 is 0 Å². The molecule has 0 amide bonds. The van der Waals surface area contributed by atoms with Gasteiger partial charge in [-0.05, 0) is 43.4 Å². The Kier molecular flexibility index (Phi) is 3.62. The van der Waals surface area contributed by atoms with Crippen molar-refractivity contribution in [1.29, 1.82) is 0 Å². The van der Waals surface area contributed by atoms with Crippen molar-refractivity contribution in [3.63, 3.8) is 0 Å². The summed E-state index contributed by atoms with van der Waals surface area (Å²) in [4.78, 5) is 0.391. The molecule has 3 rings (SSSR count). The van der Waals surface area contributed by atoms with Gasteiger partial charge in [0.15, 0.2) is 0 Å². The minimum Gasteiger partial charge on any atom is -0.493 e. The molecule has 0 radical (unpaired) electrons. The standard InChI is InChI=1S/C15H19BrO2/c1-10-13(6-8-17-10)15(16)12-4-5-14-11(9-12)3-2-7-18-14/h4-5,9-10,13,15H,2-3,6-8H2,1H3. The Hall–Kier alpha value is -0.540. The van der Waals surface area contributed by atoms with Crippen LogP contribution in [0.4, 0.5) is 0 Å². The second-order valence-electron chi connectivity index (χ2n) is 5.25. The van der Waals surface area contributed by atoms with Crippen LogP contribution in [0, 0.1) is 5.92 Å². The quantitative estimate of drug-likeness (QED) is 0.772. The van der Waals surface area contributed by atoms with Crippen LogP contribution in [0.5, 0.6) is 5.75 Å². The maximum absolute atomic E-state index is 5.67. The Bertz CT molecular complexity index is 433. The molecule has 1 saturated heterocycles. The van der Waals surface area contributed by atoms with Crippen molar-refractivity contribution in [3.05, 3.63) is 29.3 Å². The zero-order valence-corrected chi connectivity index (χ0v) is 12.3. The second kappa shape index (κ2) is 5.22. The summed E-state index contributed by atoms with van der Waals surface area (Å²) >= 11 is 3.86. The predicted molar refractivity (Wildman–Crippen MR) is 75.4 cm³/mol. The normalized spacial score (nSPS) is 28.6. The zero-order chi connectivity index (χ0) is 12.5. The highest BCUT2D eigenvalue weighted by Crippen LogP contribution is 2.40. The molecule has 1 fully saturated rings. The topological polar surface area (TPSA) is 18.5 Å². The largest absolute Gasteiger partial charge is 0.493 e. The minimum atomic E-state index is 0.349. The maximum atomic E-state index is 5.67. The van der Waals surface area contributed by atoms with E-state index in [-0.39, 0.29) is 0 Å². The molecule has 18 heavy (non-hydrogen) atoms. The van der Waals surface area contributed by atoms with Crippen LogP contribution in [0.1, 0.15) is 35.7 Å². The number of hydrogen-bond donors (Lipinski definition) is 0. The number of hydrogen-bond acceptors (Lipinski definition) is 2. The summed E-state index contributed by atoms with van der Waals surface area (Å²) in [5.41, 5.74) is 2.72. The molecule has 98 valence electrons. The third kappa shape index (κ3) is 2.30. The van der Waals surface area contributed by atoms with Crippen molar-refractivity contribution in [1.82, 2.24) is 0 Å². The van der Waals surface area contributed by atoms with Crippen LogP contribution >= 0.6 is 15.9 Å². The summed E-state index contributed by atoms with van der Waals surface area (Å²) in [7, 11) is 0. The number of alkyl halides is 1. The molecular formula is C15H19BrO2. The number of fused-ring (bicyclic) bond motifs is 1. The fraction of sp³-hybridized carbons (Fsp3) is 0.600. The summed E-state index contributed by atoms with van der Waals surface area (Å²) < 4.78 is 11.3. The van der Waals surface area contributed by atoms with E-state index in [1.165, 1.54) is 11.1 Å². The molecule has 3 atom stereocenters. The highest BCUT2D eigenvalue weighted by Gasteiger charge is 2.31. The fourth-order valence-electron chi connectivity index (χ4n) is 2.93. The molecule has 3 heteroatoms. The van der Waals surface area contributed by atoms with E-state index in [2.05, 4.69) is 41.1 Å². The van der Waals surface area contributed by atoms with E-state index < -0.39 is 0 Å². The van der Waals surface area contributed by atoms with Gasteiger partial charge in [-0.1, -0.05) is 28.1 Å². The lowest BCUT2D eigenvalue weighted by atomic mass is 9.92. The van der Waals surface area contributed by atoms with Crippen LogP contribution in [0.3, 0.4) is 0 Å². The molecule has 1 aromatic carbocycles. The third-order valence-corrected chi connectivity index (χ3v) is 5.27.